The number of rotatable bonds is 6. The zero-order chi connectivity index (χ0) is 15.1. The summed E-state index contributed by atoms with van der Waals surface area (Å²) >= 11 is 0. The monoisotopic (exact) mass is 283 g/mol. The smallest absolute Gasteiger partial charge is 0.253 e. The molecule has 0 saturated carbocycles. The first-order valence-electron chi connectivity index (χ1n) is 7.29. The van der Waals surface area contributed by atoms with Gasteiger partial charge < -0.3 is 10.6 Å². The number of carbonyl (C=O) groups excluding carboxylic acids is 1. The molecule has 4 heteroatoms. The van der Waals surface area contributed by atoms with Gasteiger partial charge in [-0.3, -0.25) is 4.79 Å². The molecule has 0 aliphatic rings. The van der Waals surface area contributed by atoms with Crippen molar-refractivity contribution in [3.05, 3.63) is 59.3 Å². The van der Waals surface area contributed by atoms with Crippen LogP contribution in [-0.4, -0.2) is 17.4 Å². The van der Waals surface area contributed by atoms with Gasteiger partial charge in [0.1, 0.15) is 5.82 Å². The normalized spacial score (nSPS) is 10.2. The molecule has 1 amide bonds. The minimum atomic E-state index is -0.101. The Kier molecular flexibility index (Phi) is 5.32. The summed E-state index contributed by atoms with van der Waals surface area (Å²) < 4.78 is 0. The minimum absolute atomic E-state index is 0.101. The van der Waals surface area contributed by atoms with Gasteiger partial charge in [0.2, 0.25) is 0 Å². The zero-order valence-corrected chi connectivity index (χ0v) is 12.5. The van der Waals surface area contributed by atoms with Crippen molar-refractivity contribution in [2.45, 2.75) is 26.8 Å². The first kappa shape index (κ1) is 15.0. The van der Waals surface area contributed by atoms with E-state index in [0.29, 0.717) is 12.1 Å². The summed E-state index contributed by atoms with van der Waals surface area (Å²) in [4.78, 5) is 16.3. The standard InChI is InChI=1S/C17H21N3O/c1-3-13-7-5-6-8-14(13)11-20-17(21)15-9-10-16(18-4-2)19-12-15/h5-10,12H,3-4,11H2,1-2H3,(H,18,19)(H,20,21). The van der Waals surface area contributed by atoms with Crippen molar-refractivity contribution in [2.75, 3.05) is 11.9 Å². The third-order valence-corrected chi connectivity index (χ3v) is 3.32. The number of benzene rings is 1. The maximum atomic E-state index is 12.1. The molecular weight excluding hydrogens is 262 g/mol. The maximum Gasteiger partial charge on any atom is 0.253 e. The van der Waals surface area contributed by atoms with Crippen LogP contribution in [0, 0.1) is 0 Å². The molecule has 0 bridgehead atoms. The molecule has 0 spiro atoms. The number of hydrogen-bond donors (Lipinski definition) is 2. The van der Waals surface area contributed by atoms with Crippen molar-refractivity contribution in [2.24, 2.45) is 0 Å². The van der Waals surface area contributed by atoms with Gasteiger partial charge in [0, 0.05) is 19.3 Å². The van der Waals surface area contributed by atoms with E-state index in [1.807, 2.05) is 31.2 Å². The summed E-state index contributed by atoms with van der Waals surface area (Å²) in [5.74, 6) is 0.682. The molecule has 21 heavy (non-hydrogen) atoms. The van der Waals surface area contributed by atoms with Crippen molar-refractivity contribution in [1.82, 2.24) is 10.3 Å². The van der Waals surface area contributed by atoms with E-state index in [9.17, 15) is 4.79 Å². The number of nitrogens with one attached hydrogen (secondary N) is 2. The average Bonchev–Trinajstić information content (AvgIpc) is 2.54. The number of carbonyl (C=O) groups is 1. The lowest BCUT2D eigenvalue weighted by Crippen LogP contribution is -2.23. The Balaban J connectivity index is 1.98. The van der Waals surface area contributed by atoms with E-state index in [4.69, 9.17) is 0 Å². The Morgan fingerprint density at radius 3 is 2.48 bits per heavy atom. The number of pyridine rings is 1. The fourth-order valence-electron chi connectivity index (χ4n) is 2.17. The highest BCUT2D eigenvalue weighted by molar-refractivity contribution is 5.94. The van der Waals surface area contributed by atoms with E-state index in [2.05, 4.69) is 28.6 Å². The predicted molar refractivity (Wildman–Crippen MR) is 85.4 cm³/mol. The second-order valence-electron chi connectivity index (χ2n) is 4.77. The maximum absolute atomic E-state index is 12.1. The largest absolute Gasteiger partial charge is 0.370 e. The van der Waals surface area contributed by atoms with E-state index < -0.39 is 0 Å². The third-order valence-electron chi connectivity index (χ3n) is 3.32. The summed E-state index contributed by atoms with van der Waals surface area (Å²) in [5.41, 5.74) is 3.00. The van der Waals surface area contributed by atoms with Crippen LogP contribution in [0.15, 0.2) is 42.6 Å². The number of nitrogens with zero attached hydrogens (tertiary/aromatic N) is 1. The summed E-state index contributed by atoms with van der Waals surface area (Å²) in [6, 6.07) is 11.8. The van der Waals surface area contributed by atoms with E-state index in [-0.39, 0.29) is 5.91 Å². The third kappa shape index (κ3) is 4.05. The average molecular weight is 283 g/mol. The van der Waals surface area contributed by atoms with E-state index >= 15 is 0 Å². The molecule has 0 fully saturated rings. The quantitative estimate of drug-likeness (QED) is 0.857. The molecule has 1 aromatic carbocycles. The molecule has 0 atom stereocenters. The number of hydrogen-bond acceptors (Lipinski definition) is 3. The highest BCUT2D eigenvalue weighted by Gasteiger charge is 2.07. The Bertz CT molecular complexity index is 593. The van der Waals surface area contributed by atoms with Crippen LogP contribution in [0.2, 0.25) is 0 Å². The lowest BCUT2D eigenvalue weighted by Gasteiger charge is -2.09. The van der Waals surface area contributed by atoms with Gasteiger partial charge in [0.15, 0.2) is 0 Å². The van der Waals surface area contributed by atoms with E-state index in [0.717, 1.165) is 24.3 Å². The molecule has 110 valence electrons. The van der Waals surface area contributed by atoms with Crippen LogP contribution < -0.4 is 10.6 Å². The van der Waals surface area contributed by atoms with Gasteiger partial charge in [-0.2, -0.15) is 0 Å². The van der Waals surface area contributed by atoms with Crippen LogP contribution in [-0.2, 0) is 13.0 Å². The lowest BCUT2D eigenvalue weighted by atomic mass is 10.1. The second kappa shape index (κ2) is 7.43. The Labute approximate surface area is 125 Å². The predicted octanol–water partition coefficient (Wildman–Crippen LogP) is 3.01. The van der Waals surface area contributed by atoms with Gasteiger partial charge >= 0.3 is 0 Å². The summed E-state index contributed by atoms with van der Waals surface area (Å²) in [5, 5.41) is 6.05. The molecule has 0 radical (unpaired) electrons. The van der Waals surface area contributed by atoms with Gasteiger partial charge in [0.25, 0.3) is 5.91 Å². The molecule has 1 aromatic heterocycles. The van der Waals surface area contributed by atoms with Gasteiger partial charge in [0.05, 0.1) is 5.56 Å². The molecule has 0 saturated heterocycles. The zero-order valence-electron chi connectivity index (χ0n) is 12.5. The highest BCUT2D eigenvalue weighted by atomic mass is 16.1. The molecule has 0 aliphatic carbocycles. The minimum Gasteiger partial charge on any atom is -0.370 e. The van der Waals surface area contributed by atoms with Crippen molar-refractivity contribution in [3.8, 4) is 0 Å². The molecule has 1 heterocycles. The van der Waals surface area contributed by atoms with Gasteiger partial charge in [-0.25, -0.2) is 4.98 Å². The van der Waals surface area contributed by atoms with Crippen LogP contribution >= 0.6 is 0 Å². The van der Waals surface area contributed by atoms with Crippen molar-refractivity contribution in [1.29, 1.82) is 0 Å². The van der Waals surface area contributed by atoms with E-state index in [1.54, 1.807) is 12.3 Å². The first-order valence-corrected chi connectivity index (χ1v) is 7.29. The number of amides is 1. The molecule has 2 aromatic rings. The van der Waals surface area contributed by atoms with Crippen LogP contribution in [0.25, 0.3) is 0 Å². The Hall–Kier alpha value is -2.36. The van der Waals surface area contributed by atoms with E-state index in [1.165, 1.54) is 5.56 Å². The fraction of sp³-hybridized carbons (Fsp3) is 0.294. The van der Waals surface area contributed by atoms with Crippen molar-refractivity contribution in [3.63, 3.8) is 0 Å². The number of aryl methyl sites for hydroxylation is 1. The topological polar surface area (TPSA) is 54.0 Å². The fourth-order valence-corrected chi connectivity index (χ4v) is 2.17. The summed E-state index contributed by atoms with van der Waals surface area (Å²) in [6.07, 6.45) is 2.56. The van der Waals surface area contributed by atoms with Crippen LogP contribution in [0.4, 0.5) is 5.82 Å². The Morgan fingerprint density at radius 2 is 1.86 bits per heavy atom. The number of anilines is 1. The molecular formula is C17H21N3O. The molecule has 2 rings (SSSR count). The summed E-state index contributed by atoms with van der Waals surface area (Å²) in [6.45, 7) is 5.47. The van der Waals surface area contributed by atoms with Crippen LogP contribution in [0.5, 0.6) is 0 Å². The number of aromatic nitrogens is 1. The molecule has 4 nitrogen and oxygen atoms in total. The van der Waals surface area contributed by atoms with Gasteiger partial charge in [-0.15, -0.1) is 0 Å². The van der Waals surface area contributed by atoms with Crippen LogP contribution in [0.3, 0.4) is 0 Å². The van der Waals surface area contributed by atoms with Crippen molar-refractivity contribution >= 4 is 11.7 Å². The van der Waals surface area contributed by atoms with Crippen LogP contribution in [0.1, 0.15) is 35.3 Å². The molecule has 0 aliphatic heterocycles. The molecule has 0 unspecified atom stereocenters. The van der Waals surface area contributed by atoms with Crippen molar-refractivity contribution < 1.29 is 4.79 Å². The Morgan fingerprint density at radius 1 is 1.10 bits per heavy atom. The van der Waals surface area contributed by atoms with Gasteiger partial charge in [-0.05, 0) is 36.6 Å². The van der Waals surface area contributed by atoms with Gasteiger partial charge in [-0.1, -0.05) is 31.2 Å². The molecule has 2 N–H and O–H groups in total. The first-order chi connectivity index (χ1) is 10.2. The summed E-state index contributed by atoms with van der Waals surface area (Å²) in [7, 11) is 0. The highest BCUT2D eigenvalue weighted by Crippen LogP contribution is 2.10. The second-order valence-corrected chi connectivity index (χ2v) is 4.77. The SMILES string of the molecule is CCNc1ccc(C(=O)NCc2ccccc2CC)cn1. The lowest BCUT2D eigenvalue weighted by molar-refractivity contribution is 0.0950.